The smallest absolute Gasteiger partial charge is 0.168 e. The Labute approximate surface area is 166 Å². The molecule has 28 heavy (non-hydrogen) atoms. The van der Waals surface area contributed by atoms with E-state index in [9.17, 15) is 4.39 Å². The van der Waals surface area contributed by atoms with E-state index in [1.165, 1.54) is 6.07 Å². The fraction of sp³-hybridized carbons (Fsp3) is 0.190. The van der Waals surface area contributed by atoms with Crippen molar-refractivity contribution in [2.75, 3.05) is 7.11 Å². The van der Waals surface area contributed by atoms with Gasteiger partial charge in [0.1, 0.15) is 17.9 Å². The first kappa shape index (κ1) is 18.4. The Kier molecular flexibility index (Phi) is 4.96. The van der Waals surface area contributed by atoms with Gasteiger partial charge in [-0.2, -0.15) is 0 Å². The summed E-state index contributed by atoms with van der Waals surface area (Å²) in [4.78, 5) is 4.33. The molecule has 0 aliphatic carbocycles. The fourth-order valence-electron chi connectivity index (χ4n) is 3.38. The van der Waals surface area contributed by atoms with Gasteiger partial charge in [0.15, 0.2) is 5.65 Å². The van der Waals surface area contributed by atoms with Crippen LogP contribution in [0.15, 0.2) is 48.9 Å². The molecule has 0 aliphatic heterocycles. The number of aromatic nitrogens is 4. The van der Waals surface area contributed by atoms with Gasteiger partial charge >= 0.3 is 0 Å². The van der Waals surface area contributed by atoms with Gasteiger partial charge in [-0.15, -0.1) is 10.2 Å². The lowest BCUT2D eigenvalue weighted by Gasteiger charge is -2.12. The van der Waals surface area contributed by atoms with Crippen LogP contribution in [0.2, 0.25) is 5.02 Å². The van der Waals surface area contributed by atoms with E-state index in [4.69, 9.17) is 16.3 Å². The van der Waals surface area contributed by atoms with Crippen molar-refractivity contribution in [1.82, 2.24) is 19.6 Å². The van der Waals surface area contributed by atoms with Crippen molar-refractivity contribution in [2.24, 2.45) is 0 Å². The second-order valence-corrected chi connectivity index (χ2v) is 6.91. The lowest BCUT2D eigenvalue weighted by molar-refractivity contribution is 0.404. The van der Waals surface area contributed by atoms with Gasteiger partial charge in [0.2, 0.25) is 0 Å². The number of aryl methyl sites for hydroxylation is 2. The van der Waals surface area contributed by atoms with Crippen molar-refractivity contribution in [3.63, 3.8) is 0 Å². The topological polar surface area (TPSA) is 52.3 Å². The largest absolute Gasteiger partial charge is 0.496 e. The van der Waals surface area contributed by atoms with E-state index in [2.05, 4.69) is 15.2 Å². The molecule has 0 N–H and O–H groups in total. The summed E-state index contributed by atoms with van der Waals surface area (Å²) < 4.78 is 21.4. The van der Waals surface area contributed by atoms with Crippen molar-refractivity contribution in [3.05, 3.63) is 76.7 Å². The van der Waals surface area contributed by atoms with Crippen LogP contribution in [0.4, 0.5) is 4.39 Å². The minimum Gasteiger partial charge on any atom is -0.496 e. The van der Waals surface area contributed by atoms with Crippen LogP contribution in [0.1, 0.15) is 17.0 Å². The highest BCUT2D eigenvalue weighted by Crippen LogP contribution is 2.29. The van der Waals surface area contributed by atoms with E-state index in [1.807, 2.05) is 29.5 Å². The third kappa shape index (κ3) is 3.31. The Morgan fingerprint density at radius 2 is 2.00 bits per heavy atom. The average molecular weight is 397 g/mol. The molecule has 1 aromatic carbocycles. The predicted octanol–water partition coefficient (Wildman–Crippen LogP) is 4.69. The molecule has 7 heteroatoms. The summed E-state index contributed by atoms with van der Waals surface area (Å²) in [5, 5.41) is 8.91. The molecule has 0 spiro atoms. The van der Waals surface area contributed by atoms with Crippen LogP contribution in [0.5, 0.6) is 5.75 Å². The normalized spacial score (nSPS) is 11.1. The number of hydrogen-bond donors (Lipinski definition) is 0. The molecule has 0 saturated heterocycles. The van der Waals surface area contributed by atoms with Gasteiger partial charge in [0.25, 0.3) is 0 Å². The van der Waals surface area contributed by atoms with Crippen LogP contribution in [0, 0.1) is 12.7 Å². The summed E-state index contributed by atoms with van der Waals surface area (Å²) in [6.45, 7) is 1.93. The molecule has 0 radical (unpaired) electrons. The molecule has 4 rings (SSSR count). The van der Waals surface area contributed by atoms with Gasteiger partial charge in [0.05, 0.1) is 12.1 Å². The lowest BCUT2D eigenvalue weighted by Crippen LogP contribution is -2.03. The van der Waals surface area contributed by atoms with E-state index in [0.29, 0.717) is 34.8 Å². The van der Waals surface area contributed by atoms with E-state index < -0.39 is 0 Å². The second-order valence-electron chi connectivity index (χ2n) is 6.47. The Bertz CT molecular complexity index is 1160. The van der Waals surface area contributed by atoms with Crippen LogP contribution < -0.4 is 4.74 Å². The molecule has 0 aliphatic rings. The fourth-order valence-corrected chi connectivity index (χ4v) is 3.54. The highest BCUT2D eigenvalue weighted by atomic mass is 35.5. The zero-order valence-electron chi connectivity index (χ0n) is 15.5. The van der Waals surface area contributed by atoms with Gasteiger partial charge < -0.3 is 4.74 Å². The Balaban J connectivity index is 1.72. The molecule has 0 bridgehead atoms. The molecule has 0 amide bonds. The number of halogens is 2. The second kappa shape index (κ2) is 7.56. The summed E-state index contributed by atoms with van der Waals surface area (Å²) in [7, 11) is 1.55. The molecule has 3 heterocycles. The first-order valence-corrected chi connectivity index (χ1v) is 9.22. The van der Waals surface area contributed by atoms with Crippen molar-refractivity contribution in [1.29, 1.82) is 0 Å². The molecule has 4 aromatic rings. The third-order valence-corrected chi connectivity index (χ3v) is 5.02. The number of benzene rings is 1. The SMILES string of the molecule is COc1cccc(F)c1CCc1ccc(-c2cc(Cl)cnc2C)c2nncn12. The molecular formula is C21H18ClFN4O. The molecule has 0 atom stereocenters. The maximum atomic E-state index is 14.2. The molecule has 0 saturated carbocycles. The first-order chi connectivity index (χ1) is 13.6. The summed E-state index contributed by atoms with van der Waals surface area (Å²) in [6.07, 6.45) is 4.40. The summed E-state index contributed by atoms with van der Waals surface area (Å²) >= 11 is 6.13. The van der Waals surface area contributed by atoms with Gasteiger partial charge in [-0.05, 0) is 50.1 Å². The highest BCUT2D eigenvalue weighted by Gasteiger charge is 2.14. The monoisotopic (exact) mass is 396 g/mol. The van der Waals surface area contributed by atoms with Gasteiger partial charge in [-0.1, -0.05) is 17.7 Å². The predicted molar refractivity (Wildman–Crippen MR) is 106 cm³/mol. The number of nitrogens with zero attached hydrogens (tertiary/aromatic N) is 4. The highest BCUT2D eigenvalue weighted by molar-refractivity contribution is 6.30. The maximum Gasteiger partial charge on any atom is 0.168 e. The Morgan fingerprint density at radius 3 is 2.82 bits per heavy atom. The first-order valence-electron chi connectivity index (χ1n) is 8.84. The van der Waals surface area contributed by atoms with Crippen molar-refractivity contribution >= 4 is 17.2 Å². The average Bonchev–Trinajstić information content (AvgIpc) is 3.19. The quantitative estimate of drug-likeness (QED) is 0.491. The number of pyridine rings is 2. The number of rotatable bonds is 5. The number of ether oxygens (including phenoxy) is 1. The van der Waals surface area contributed by atoms with Crippen LogP contribution in [-0.4, -0.2) is 26.7 Å². The van der Waals surface area contributed by atoms with E-state index in [1.54, 1.807) is 31.8 Å². The van der Waals surface area contributed by atoms with E-state index >= 15 is 0 Å². The Hall–Kier alpha value is -2.99. The number of methoxy groups -OCH3 is 1. The lowest BCUT2D eigenvalue weighted by atomic mass is 10.0. The van der Waals surface area contributed by atoms with E-state index in [-0.39, 0.29) is 5.82 Å². The minimum absolute atomic E-state index is 0.267. The minimum atomic E-state index is -0.267. The summed E-state index contributed by atoms with van der Waals surface area (Å²) in [5.74, 6) is 0.286. The number of hydrogen-bond acceptors (Lipinski definition) is 4. The zero-order valence-corrected chi connectivity index (χ0v) is 16.2. The molecule has 0 fully saturated rings. The molecular weight excluding hydrogens is 379 g/mol. The molecule has 142 valence electrons. The van der Waals surface area contributed by atoms with Crippen LogP contribution >= 0.6 is 11.6 Å². The van der Waals surface area contributed by atoms with Crippen molar-refractivity contribution in [3.8, 4) is 16.9 Å². The maximum absolute atomic E-state index is 14.2. The Morgan fingerprint density at radius 1 is 1.14 bits per heavy atom. The van der Waals surface area contributed by atoms with Crippen molar-refractivity contribution in [2.45, 2.75) is 19.8 Å². The molecule has 3 aromatic heterocycles. The van der Waals surface area contributed by atoms with Gasteiger partial charge in [-0.25, -0.2) is 4.39 Å². The number of fused-ring (bicyclic) bond motifs is 1. The van der Waals surface area contributed by atoms with Crippen LogP contribution in [0.25, 0.3) is 16.8 Å². The van der Waals surface area contributed by atoms with Crippen LogP contribution in [-0.2, 0) is 12.8 Å². The molecule has 0 unspecified atom stereocenters. The van der Waals surface area contributed by atoms with Crippen LogP contribution in [0.3, 0.4) is 0 Å². The molecule has 5 nitrogen and oxygen atoms in total. The standard InChI is InChI=1S/C21H18ClFN4O/c1-13-18(10-14(22)11-24-13)16-8-6-15(27-12-25-26-21(16)27)7-9-17-19(23)4-3-5-20(17)28-2/h3-6,8,10-12H,7,9H2,1-2H3. The summed E-state index contributed by atoms with van der Waals surface area (Å²) in [5.41, 5.74) is 4.92. The van der Waals surface area contributed by atoms with Gasteiger partial charge in [-0.3, -0.25) is 9.38 Å². The van der Waals surface area contributed by atoms with Crippen molar-refractivity contribution < 1.29 is 9.13 Å². The summed E-state index contributed by atoms with van der Waals surface area (Å²) in [6, 6.07) is 10.7. The third-order valence-electron chi connectivity index (χ3n) is 4.81. The van der Waals surface area contributed by atoms with E-state index in [0.717, 1.165) is 22.5 Å². The zero-order chi connectivity index (χ0) is 19.7. The van der Waals surface area contributed by atoms with Gasteiger partial charge in [0, 0.05) is 34.3 Å².